The molecular weight excluding hydrogens is 708 g/mol. The van der Waals surface area contributed by atoms with Crippen molar-refractivity contribution in [3.8, 4) is 17.2 Å². The first-order chi connectivity index (χ1) is 26.2. The number of amides is 2. The van der Waals surface area contributed by atoms with Gasteiger partial charge in [0.05, 0.1) is 40.0 Å². The molecule has 15 nitrogen and oxygen atoms in total. The summed E-state index contributed by atoms with van der Waals surface area (Å²) in [6.07, 6.45) is 1.65. The monoisotopic (exact) mass is 760 g/mol. The molecule has 1 aliphatic heterocycles. The molecular formula is C40H52N6O9. The van der Waals surface area contributed by atoms with Crippen LogP contribution in [-0.4, -0.2) is 100 Å². The Hall–Kier alpha value is -5.73. The molecule has 55 heavy (non-hydrogen) atoms. The van der Waals surface area contributed by atoms with Crippen LogP contribution in [0.5, 0.6) is 17.2 Å². The van der Waals surface area contributed by atoms with Gasteiger partial charge in [0.15, 0.2) is 17.3 Å². The fourth-order valence-electron chi connectivity index (χ4n) is 6.90. The van der Waals surface area contributed by atoms with Crippen molar-refractivity contribution >= 4 is 34.7 Å². The number of carboxylic acids is 1. The molecule has 0 bridgehead atoms. The van der Waals surface area contributed by atoms with Crippen molar-refractivity contribution < 1.29 is 38.4 Å². The number of fused-ring (bicyclic) bond motifs is 3. The van der Waals surface area contributed by atoms with E-state index in [1.54, 1.807) is 48.3 Å². The van der Waals surface area contributed by atoms with Crippen molar-refractivity contribution in [3.05, 3.63) is 75.2 Å². The molecule has 1 atom stereocenters. The Morgan fingerprint density at radius 2 is 1.75 bits per heavy atom. The molecule has 2 amide bonds. The van der Waals surface area contributed by atoms with Gasteiger partial charge in [-0.3, -0.25) is 9.59 Å². The Morgan fingerprint density at radius 3 is 2.40 bits per heavy atom. The first-order valence-corrected chi connectivity index (χ1v) is 18.5. The van der Waals surface area contributed by atoms with Crippen molar-refractivity contribution in [1.82, 2.24) is 24.1 Å². The van der Waals surface area contributed by atoms with E-state index in [0.29, 0.717) is 67.4 Å². The predicted molar refractivity (Wildman–Crippen MR) is 208 cm³/mol. The molecule has 296 valence electrons. The number of aromatic nitrogens is 3. The number of benzene rings is 2. The molecule has 2 N–H and O–H groups in total. The Balaban J connectivity index is 1.41. The van der Waals surface area contributed by atoms with Crippen molar-refractivity contribution in [3.63, 3.8) is 0 Å². The molecule has 2 aromatic carbocycles. The van der Waals surface area contributed by atoms with E-state index in [0.717, 1.165) is 12.0 Å². The number of nitrogens with zero attached hydrogens (tertiary/aromatic N) is 5. The van der Waals surface area contributed by atoms with E-state index in [-0.39, 0.29) is 47.4 Å². The topological polar surface area (TPSA) is 167 Å². The number of likely N-dealkylation sites (N-methyl/N-ethyl adjacent to an activating group) is 1. The highest BCUT2D eigenvalue weighted by atomic mass is 16.6. The molecule has 0 fully saturated rings. The lowest BCUT2D eigenvalue weighted by Gasteiger charge is -2.32. The predicted octanol–water partition coefficient (Wildman–Crippen LogP) is 6.03. The van der Waals surface area contributed by atoms with E-state index in [4.69, 9.17) is 24.0 Å². The number of carboxylic acid groups (broad SMARTS) is 1. The number of unbranched alkanes of at least 4 members (excludes halogenated alkanes) is 2. The summed E-state index contributed by atoms with van der Waals surface area (Å²) >= 11 is 0. The number of carbonyl (C=O) groups is 3. The molecule has 0 unspecified atom stereocenters. The molecule has 3 heterocycles. The van der Waals surface area contributed by atoms with Crippen LogP contribution in [0.2, 0.25) is 0 Å². The zero-order valence-electron chi connectivity index (χ0n) is 32.9. The number of anilines is 1. The first kappa shape index (κ1) is 40.5. The van der Waals surface area contributed by atoms with E-state index in [1.165, 1.54) is 17.9 Å². The number of nitrogens with one attached hydrogen (secondary N) is 1. The minimum atomic E-state index is -1.12. The molecule has 0 aliphatic carbocycles. The van der Waals surface area contributed by atoms with Crippen molar-refractivity contribution in [2.24, 2.45) is 0 Å². The normalized spacial score (nSPS) is 14.1. The van der Waals surface area contributed by atoms with Gasteiger partial charge in [0.2, 0.25) is 0 Å². The van der Waals surface area contributed by atoms with Crippen LogP contribution in [0, 0.1) is 0 Å². The van der Waals surface area contributed by atoms with Gasteiger partial charge >= 0.3 is 12.1 Å². The van der Waals surface area contributed by atoms with E-state index in [1.807, 2.05) is 51.3 Å². The fourth-order valence-corrected chi connectivity index (χ4v) is 6.90. The largest absolute Gasteiger partial charge is 0.497 e. The lowest BCUT2D eigenvalue weighted by atomic mass is 10.1. The third-order valence-electron chi connectivity index (χ3n) is 9.53. The van der Waals surface area contributed by atoms with Crippen molar-refractivity contribution in [2.45, 2.75) is 78.6 Å². The summed E-state index contributed by atoms with van der Waals surface area (Å²) in [5, 5.41) is 18.2. The van der Waals surface area contributed by atoms with Crippen LogP contribution < -0.4 is 25.1 Å². The Bertz CT molecular complexity index is 2100. The minimum Gasteiger partial charge on any atom is -0.497 e. The van der Waals surface area contributed by atoms with Gasteiger partial charge in [-0.2, -0.15) is 0 Å². The van der Waals surface area contributed by atoms with Gasteiger partial charge in [-0.25, -0.2) is 14.3 Å². The molecule has 0 radical (unpaired) electrons. The smallest absolute Gasteiger partial charge is 0.410 e. The summed E-state index contributed by atoms with van der Waals surface area (Å²) in [6, 6.07) is 11.7. The number of rotatable bonds is 16. The number of ether oxygens (including phenoxy) is 4. The molecule has 2 aromatic heterocycles. The second kappa shape index (κ2) is 17.2. The standard InChI is InChI=1S/C40H52N6O9/c1-9-43-22-25(2)46-32-31(34(54-8)33(46)37(43)48)36(47)45(24-26-15-11-12-16-29(26)38(49)50)42-35(32)41-19-13-10-14-20-44(39(51)55-40(3,4)5)23-27-17-18-28(52-6)21-30(27)53-7/h11-12,15-18,21,25H,9-10,13-14,19-20,22-24H2,1-8H3,(H,41,42)(H,49,50)/t25-/m0/s1. The molecule has 0 saturated heterocycles. The summed E-state index contributed by atoms with van der Waals surface area (Å²) < 4.78 is 25.5. The van der Waals surface area contributed by atoms with Gasteiger partial charge in [-0.15, -0.1) is 5.10 Å². The fraction of sp³-hybridized carbons (Fsp3) is 0.475. The number of hydrogen-bond acceptors (Lipinski definition) is 10. The second-order valence-corrected chi connectivity index (χ2v) is 14.5. The Kier molecular flexibility index (Phi) is 12.6. The minimum absolute atomic E-state index is 0.0576. The summed E-state index contributed by atoms with van der Waals surface area (Å²) in [6.45, 7) is 11.4. The highest BCUT2D eigenvalue weighted by molar-refractivity contribution is 6.07. The maximum atomic E-state index is 14.2. The number of hydrogen-bond donors (Lipinski definition) is 2. The van der Waals surface area contributed by atoms with Crippen LogP contribution in [0.1, 0.15) is 91.9 Å². The van der Waals surface area contributed by atoms with Crippen molar-refractivity contribution in [1.29, 1.82) is 0 Å². The number of aromatic carboxylic acids is 1. The zero-order chi connectivity index (χ0) is 40.0. The molecule has 15 heteroatoms. The average Bonchev–Trinajstić information content (AvgIpc) is 3.51. The van der Waals surface area contributed by atoms with E-state index in [2.05, 4.69) is 5.32 Å². The summed E-state index contributed by atoms with van der Waals surface area (Å²) in [5.74, 6) is 0.421. The maximum Gasteiger partial charge on any atom is 0.410 e. The first-order valence-electron chi connectivity index (χ1n) is 18.5. The van der Waals surface area contributed by atoms with Crippen LogP contribution in [-0.2, 0) is 17.8 Å². The quantitative estimate of drug-likeness (QED) is 0.128. The second-order valence-electron chi connectivity index (χ2n) is 14.5. The van der Waals surface area contributed by atoms with Crippen LogP contribution in [0.4, 0.5) is 10.6 Å². The Morgan fingerprint density at radius 1 is 1.00 bits per heavy atom. The van der Waals surface area contributed by atoms with Crippen LogP contribution in [0.15, 0.2) is 47.3 Å². The third-order valence-corrected chi connectivity index (χ3v) is 9.53. The zero-order valence-corrected chi connectivity index (χ0v) is 32.9. The molecule has 0 saturated carbocycles. The van der Waals surface area contributed by atoms with Gasteiger partial charge in [0.25, 0.3) is 11.5 Å². The summed E-state index contributed by atoms with van der Waals surface area (Å²) in [5.41, 5.74) is 0.834. The number of methoxy groups -OCH3 is 3. The lowest BCUT2D eigenvalue weighted by molar-refractivity contribution is 0.0229. The third kappa shape index (κ3) is 8.82. The molecule has 5 rings (SSSR count). The van der Waals surface area contributed by atoms with Gasteiger partial charge in [-0.05, 0) is 77.6 Å². The number of carbonyl (C=O) groups excluding carboxylic acids is 2. The highest BCUT2D eigenvalue weighted by Gasteiger charge is 2.37. The SMILES string of the molecule is CCN1C[C@H](C)n2c(c(OC)c3c(=O)n(Cc4ccccc4C(=O)O)nc(NCCCCCN(Cc4ccc(OC)cc4OC)C(=O)OC(C)(C)C)c32)C1=O. The van der Waals surface area contributed by atoms with Gasteiger partial charge in [0, 0.05) is 43.9 Å². The van der Waals surface area contributed by atoms with E-state index < -0.39 is 23.2 Å². The van der Waals surface area contributed by atoms with E-state index >= 15 is 0 Å². The van der Waals surface area contributed by atoms with Crippen LogP contribution >= 0.6 is 0 Å². The average molecular weight is 761 g/mol. The lowest BCUT2D eigenvalue weighted by Crippen LogP contribution is -2.42. The summed E-state index contributed by atoms with van der Waals surface area (Å²) in [7, 11) is 4.59. The molecule has 0 spiro atoms. The molecule has 4 aromatic rings. The van der Waals surface area contributed by atoms with Gasteiger partial charge < -0.3 is 43.7 Å². The maximum absolute atomic E-state index is 14.2. The highest BCUT2D eigenvalue weighted by Crippen LogP contribution is 2.40. The van der Waals surface area contributed by atoms with E-state index in [9.17, 15) is 24.3 Å². The molecule has 1 aliphatic rings. The van der Waals surface area contributed by atoms with Gasteiger partial charge in [-0.1, -0.05) is 18.2 Å². The van der Waals surface area contributed by atoms with Crippen LogP contribution in [0.25, 0.3) is 10.9 Å². The summed E-state index contributed by atoms with van der Waals surface area (Å²) in [4.78, 5) is 56.6. The van der Waals surface area contributed by atoms with Gasteiger partial charge in [0.1, 0.15) is 28.0 Å². The van der Waals surface area contributed by atoms with Crippen LogP contribution in [0.3, 0.4) is 0 Å². The Labute approximate surface area is 320 Å². The van der Waals surface area contributed by atoms with Crippen molar-refractivity contribution in [2.75, 3.05) is 52.8 Å².